The van der Waals surface area contributed by atoms with Gasteiger partial charge in [-0.15, -0.1) is 0 Å². The van der Waals surface area contributed by atoms with Gasteiger partial charge in [0.1, 0.15) is 0 Å². The second kappa shape index (κ2) is 13.8. The molecular formula is C50H54. The van der Waals surface area contributed by atoms with Crippen LogP contribution in [0, 0.1) is 36.5 Å². The minimum Gasteiger partial charge on any atom is -0.0613 e. The summed E-state index contributed by atoms with van der Waals surface area (Å²) in [6.45, 7) is 4.53. The van der Waals surface area contributed by atoms with Crippen molar-refractivity contribution < 1.29 is 0 Å². The quantitative estimate of drug-likeness (QED) is 0.177. The van der Waals surface area contributed by atoms with Crippen molar-refractivity contribution in [2.45, 2.75) is 104 Å². The zero-order chi connectivity index (χ0) is 33.6. The van der Waals surface area contributed by atoms with Gasteiger partial charge in [0.05, 0.1) is 0 Å². The molecule has 5 aliphatic rings. The summed E-state index contributed by atoms with van der Waals surface area (Å²) in [5.74, 6) is 2.51. The van der Waals surface area contributed by atoms with Crippen molar-refractivity contribution in [3.63, 3.8) is 0 Å². The first-order chi connectivity index (χ1) is 24.7. The van der Waals surface area contributed by atoms with Crippen molar-refractivity contribution in [1.82, 2.24) is 0 Å². The van der Waals surface area contributed by atoms with Gasteiger partial charge in [0.25, 0.3) is 0 Å². The van der Waals surface area contributed by atoms with Crippen molar-refractivity contribution >= 4 is 11.1 Å². The molecule has 0 saturated heterocycles. The molecule has 5 aliphatic carbocycles. The van der Waals surface area contributed by atoms with Crippen LogP contribution in [0.25, 0.3) is 33.4 Å². The molecule has 0 spiro atoms. The van der Waals surface area contributed by atoms with E-state index in [1.807, 2.05) is 0 Å². The number of fused-ring (bicyclic) bond motifs is 2. The molecular weight excluding hydrogens is 601 g/mol. The summed E-state index contributed by atoms with van der Waals surface area (Å²) >= 11 is 0. The normalized spacial score (nSPS) is 22.5. The third-order valence-corrected chi connectivity index (χ3v) is 13.4. The molecule has 0 heterocycles. The van der Waals surface area contributed by atoms with Crippen molar-refractivity contribution in [1.29, 1.82) is 0 Å². The van der Waals surface area contributed by atoms with Crippen LogP contribution in [0.3, 0.4) is 0 Å². The second-order valence-electron chi connectivity index (χ2n) is 16.1. The summed E-state index contributed by atoms with van der Waals surface area (Å²) in [6, 6.07) is 33.4. The molecule has 4 aromatic carbocycles. The van der Waals surface area contributed by atoms with Crippen LogP contribution in [0.4, 0.5) is 0 Å². The van der Waals surface area contributed by atoms with Crippen LogP contribution in [0.2, 0.25) is 0 Å². The van der Waals surface area contributed by atoms with E-state index in [0.29, 0.717) is 23.7 Å². The van der Waals surface area contributed by atoms with Gasteiger partial charge >= 0.3 is 0 Å². The first-order valence-electron chi connectivity index (χ1n) is 20.3. The van der Waals surface area contributed by atoms with Gasteiger partial charge < -0.3 is 0 Å². The molecule has 0 aromatic heterocycles. The average Bonchev–Trinajstić information content (AvgIpc) is 4.01. The topological polar surface area (TPSA) is 0 Å². The Kier molecular flexibility index (Phi) is 8.92. The lowest BCUT2D eigenvalue weighted by atomic mass is 9.66. The lowest BCUT2D eigenvalue weighted by molar-refractivity contribution is 0.353. The fourth-order valence-electron chi connectivity index (χ4n) is 10.9. The minimum absolute atomic E-state index is 0.550. The first-order valence-corrected chi connectivity index (χ1v) is 20.3. The van der Waals surface area contributed by atoms with E-state index in [0.717, 1.165) is 12.8 Å². The van der Waals surface area contributed by atoms with E-state index in [1.165, 1.54) is 122 Å². The molecule has 2 unspecified atom stereocenters. The molecule has 3 saturated carbocycles. The molecule has 4 aromatic rings. The van der Waals surface area contributed by atoms with E-state index in [1.54, 1.807) is 33.4 Å². The van der Waals surface area contributed by atoms with Crippen molar-refractivity contribution in [2.24, 2.45) is 23.7 Å². The Morgan fingerprint density at radius 2 is 0.820 bits per heavy atom. The molecule has 9 rings (SSSR count). The first kappa shape index (κ1) is 32.3. The molecule has 254 valence electrons. The van der Waals surface area contributed by atoms with Crippen LogP contribution in [0.5, 0.6) is 0 Å². The summed E-state index contributed by atoms with van der Waals surface area (Å²) in [6.07, 6.45) is 23.7. The van der Waals surface area contributed by atoms with E-state index in [-0.39, 0.29) is 0 Å². The standard InChI is InChI=1S/C50H54/c1-3-33-23-27-37(28-24-33)41-21-11-17-39-31-45(35-13-5-6-14-35)49(47(39)41)43-19-9-10-20-44(43)50-46(36-15-7-8-16-36)32-40-18-12-22-42(48(40)50)38-29-25-34(4-2)26-30-38/h11-12,17-18,21-32,35-36,43-44H,3-10,13-16,19-20H2,1-2H3. The highest BCUT2D eigenvalue weighted by Gasteiger charge is 2.43. The highest BCUT2D eigenvalue weighted by molar-refractivity contribution is 5.95. The third-order valence-electron chi connectivity index (χ3n) is 13.4. The molecule has 0 aliphatic heterocycles. The van der Waals surface area contributed by atoms with Gasteiger partial charge in [0.15, 0.2) is 0 Å². The largest absolute Gasteiger partial charge is 0.0613 e. The second-order valence-corrected chi connectivity index (χ2v) is 16.1. The maximum absolute atomic E-state index is 2.66. The van der Waals surface area contributed by atoms with Gasteiger partial charge in [-0.2, -0.15) is 0 Å². The molecule has 3 fully saturated rings. The smallest absolute Gasteiger partial charge is 0.0170 e. The Hall–Kier alpha value is -3.64. The van der Waals surface area contributed by atoms with E-state index >= 15 is 0 Å². The minimum atomic E-state index is 0.550. The summed E-state index contributed by atoms with van der Waals surface area (Å²) in [7, 11) is 0. The van der Waals surface area contributed by atoms with E-state index in [9.17, 15) is 0 Å². The van der Waals surface area contributed by atoms with E-state index in [2.05, 4.69) is 112 Å². The molecule has 0 heteroatoms. The molecule has 0 nitrogen and oxygen atoms in total. The van der Waals surface area contributed by atoms with E-state index < -0.39 is 0 Å². The number of hydrogen-bond acceptors (Lipinski definition) is 0. The van der Waals surface area contributed by atoms with Gasteiger partial charge in [0, 0.05) is 12.8 Å². The summed E-state index contributed by atoms with van der Waals surface area (Å²) < 4.78 is 0. The summed E-state index contributed by atoms with van der Waals surface area (Å²) in [5, 5.41) is 0. The van der Waals surface area contributed by atoms with Gasteiger partial charge in [0.2, 0.25) is 0 Å². The van der Waals surface area contributed by atoms with Crippen LogP contribution in [0.1, 0.15) is 124 Å². The molecule has 2 atom stereocenters. The zero-order valence-electron chi connectivity index (χ0n) is 30.4. The number of aryl methyl sites for hydroxylation is 2. The van der Waals surface area contributed by atoms with Gasteiger partial charge in [-0.1, -0.05) is 148 Å². The monoisotopic (exact) mass is 654 g/mol. The fourth-order valence-corrected chi connectivity index (χ4v) is 10.9. The third kappa shape index (κ3) is 5.66. The summed E-state index contributed by atoms with van der Waals surface area (Å²) in [5.41, 5.74) is 21.5. The fraction of sp³-hybridized carbons (Fsp3) is 0.400. The average molecular weight is 655 g/mol. The van der Waals surface area contributed by atoms with Crippen molar-refractivity contribution in [3.05, 3.63) is 142 Å². The number of allylic oxidation sites excluding steroid dienone is 4. The molecule has 0 bridgehead atoms. The van der Waals surface area contributed by atoms with Gasteiger partial charge in [-0.3, -0.25) is 0 Å². The lowest BCUT2D eigenvalue weighted by Gasteiger charge is -2.38. The zero-order valence-corrected chi connectivity index (χ0v) is 30.4. The van der Waals surface area contributed by atoms with Gasteiger partial charge in [-0.05, 0) is 142 Å². The molecule has 0 amide bonds. The SMILES string of the molecule is CCc1ccc(-c2cccc3c2C(C2CCCCC2C2=C(C4CCCC4)[CH]c4cccc(-c5ccc(CC)cc5)c42)=C(C2CCCC2)[CH]3)cc1. The highest BCUT2D eigenvalue weighted by atomic mass is 14.5. The van der Waals surface area contributed by atoms with Crippen LogP contribution >= 0.6 is 0 Å². The van der Waals surface area contributed by atoms with Crippen LogP contribution < -0.4 is 0 Å². The Morgan fingerprint density at radius 1 is 0.440 bits per heavy atom. The van der Waals surface area contributed by atoms with Crippen molar-refractivity contribution in [3.8, 4) is 22.3 Å². The predicted molar refractivity (Wildman–Crippen MR) is 213 cm³/mol. The number of rotatable bonds is 8. The highest BCUT2D eigenvalue weighted by Crippen LogP contribution is 2.59. The van der Waals surface area contributed by atoms with Crippen LogP contribution in [-0.4, -0.2) is 0 Å². The van der Waals surface area contributed by atoms with E-state index in [4.69, 9.17) is 0 Å². The number of benzene rings is 4. The Labute approximate surface area is 302 Å². The lowest BCUT2D eigenvalue weighted by Crippen LogP contribution is -2.24. The molecule has 0 N–H and O–H groups in total. The maximum atomic E-state index is 2.66. The van der Waals surface area contributed by atoms with Gasteiger partial charge in [-0.25, -0.2) is 0 Å². The maximum Gasteiger partial charge on any atom is 0.0170 e. The summed E-state index contributed by atoms with van der Waals surface area (Å²) in [4.78, 5) is 0. The predicted octanol–water partition coefficient (Wildman–Crippen LogP) is 13.7. The Bertz CT molecular complexity index is 1770. The Morgan fingerprint density at radius 3 is 1.20 bits per heavy atom. The van der Waals surface area contributed by atoms with Crippen LogP contribution in [0.15, 0.2) is 96.1 Å². The van der Waals surface area contributed by atoms with Crippen LogP contribution in [-0.2, 0) is 12.8 Å². The Balaban J connectivity index is 1.23. The molecule has 2 radical (unpaired) electrons. The molecule has 50 heavy (non-hydrogen) atoms. The number of hydrogen-bond donors (Lipinski definition) is 0. The van der Waals surface area contributed by atoms with Crippen molar-refractivity contribution in [2.75, 3.05) is 0 Å².